The fraction of sp³-hybridized carbons (Fsp3) is 0.263. The molecule has 0 saturated carbocycles. The van der Waals surface area contributed by atoms with E-state index < -0.39 is 0 Å². The van der Waals surface area contributed by atoms with E-state index in [4.69, 9.17) is 0 Å². The van der Waals surface area contributed by atoms with Gasteiger partial charge in [-0.1, -0.05) is 93.9 Å². The second-order valence-corrected chi connectivity index (χ2v) is 3.66. The number of benzene rings is 2. The van der Waals surface area contributed by atoms with Crippen molar-refractivity contribution in [2.45, 2.75) is 34.6 Å². The normalized spacial score (nSPS) is 7.86. The van der Waals surface area contributed by atoms with Crippen molar-refractivity contribution < 1.29 is 58.2 Å². The molecule has 0 unspecified atom stereocenters. The summed E-state index contributed by atoms with van der Waals surface area (Å²) >= 11 is 0. The van der Waals surface area contributed by atoms with Gasteiger partial charge in [0.1, 0.15) is 0 Å². The molecule has 2 aromatic carbocycles. The van der Waals surface area contributed by atoms with E-state index in [0.29, 0.717) is 0 Å². The first-order chi connectivity index (χ1) is 9.86. The predicted molar refractivity (Wildman–Crippen MR) is 91.1 cm³/mol. The number of aromatic nitrogens is 1. The summed E-state index contributed by atoms with van der Waals surface area (Å²) in [5.41, 5.74) is 2.40. The van der Waals surface area contributed by atoms with Crippen molar-refractivity contribution in [1.29, 1.82) is 0 Å². The van der Waals surface area contributed by atoms with E-state index in [2.05, 4.69) is 30.1 Å². The molecule has 3 rings (SSSR count). The number of hydrogen-bond acceptors (Lipinski definition) is 0. The van der Waals surface area contributed by atoms with E-state index in [1.807, 2.05) is 76.4 Å². The minimum absolute atomic E-state index is 0. The fourth-order valence-corrected chi connectivity index (χ4v) is 1.48. The minimum Gasteiger partial charge on any atom is -0.664 e. The average molecular weight is 354 g/mol. The molecule has 1 aromatic heterocycles. The standard InChI is InChI=1S/C8H6N.C7H8.2C2H6.Rb/c1-2-4-8-7(3-1)5-6-9-8;1-7-5-3-2-4-6-7;2*1-2;/h1-6H;2-6H,1H3;2*1-2H3;/q-1;;;;+1. The molecule has 1 heterocycles. The second-order valence-electron chi connectivity index (χ2n) is 3.66. The summed E-state index contributed by atoms with van der Waals surface area (Å²) in [6.07, 6.45) is 1.82. The van der Waals surface area contributed by atoms with Crippen LogP contribution in [0.5, 0.6) is 0 Å². The van der Waals surface area contributed by atoms with Crippen LogP contribution in [0.15, 0.2) is 66.9 Å². The smallest absolute Gasteiger partial charge is 0.664 e. The first-order valence-electron chi connectivity index (χ1n) is 7.34. The van der Waals surface area contributed by atoms with Gasteiger partial charge in [-0.3, -0.25) is 0 Å². The SMILES string of the molecule is CC.CC.Cc1ccccc1.[Rb+].c1ccc2[n-]ccc2c1. The molecule has 0 saturated heterocycles. The molecule has 0 amide bonds. The van der Waals surface area contributed by atoms with Crippen molar-refractivity contribution in [3.63, 3.8) is 0 Å². The van der Waals surface area contributed by atoms with E-state index >= 15 is 0 Å². The number of fused-ring (bicyclic) bond motifs is 1. The molecule has 0 aliphatic carbocycles. The number of aryl methyl sites for hydroxylation is 1. The summed E-state index contributed by atoms with van der Waals surface area (Å²) in [5, 5.41) is 1.22. The number of nitrogens with zero attached hydrogens (tertiary/aromatic N) is 1. The van der Waals surface area contributed by atoms with Gasteiger partial charge in [0.15, 0.2) is 0 Å². The van der Waals surface area contributed by atoms with Crippen LogP contribution in [0.4, 0.5) is 0 Å². The van der Waals surface area contributed by atoms with Gasteiger partial charge in [-0.2, -0.15) is 6.20 Å². The first kappa shape index (κ1) is 23.1. The van der Waals surface area contributed by atoms with Crippen LogP contribution in [0, 0.1) is 6.92 Å². The van der Waals surface area contributed by atoms with Crippen molar-refractivity contribution in [2.75, 3.05) is 0 Å². The van der Waals surface area contributed by atoms with Gasteiger partial charge in [0, 0.05) is 0 Å². The van der Waals surface area contributed by atoms with Crippen molar-refractivity contribution in [1.82, 2.24) is 4.98 Å². The van der Waals surface area contributed by atoms with Crippen LogP contribution in [0.25, 0.3) is 10.9 Å². The maximum absolute atomic E-state index is 4.12. The maximum Gasteiger partial charge on any atom is 1.00 e. The molecular weight excluding hydrogens is 328 g/mol. The minimum atomic E-state index is 0. The van der Waals surface area contributed by atoms with Crippen LogP contribution in [-0.2, 0) is 0 Å². The molecule has 3 aromatic rings. The Labute approximate surface area is 179 Å². The number of hydrogen-bond donors (Lipinski definition) is 0. The quantitative estimate of drug-likeness (QED) is 0.606. The summed E-state index contributed by atoms with van der Waals surface area (Å²) in [6.45, 7) is 10.1. The van der Waals surface area contributed by atoms with E-state index in [9.17, 15) is 0 Å². The third-order valence-corrected chi connectivity index (χ3v) is 2.34. The first-order valence-corrected chi connectivity index (χ1v) is 7.34. The Morgan fingerprint density at radius 2 is 1.19 bits per heavy atom. The van der Waals surface area contributed by atoms with E-state index in [0.717, 1.165) is 5.52 Å². The summed E-state index contributed by atoms with van der Waals surface area (Å²) in [7, 11) is 0. The Morgan fingerprint density at radius 3 is 1.67 bits per heavy atom. The zero-order valence-electron chi connectivity index (χ0n) is 14.3. The van der Waals surface area contributed by atoms with Crippen LogP contribution in [0.2, 0.25) is 0 Å². The Morgan fingerprint density at radius 1 is 0.667 bits per heavy atom. The van der Waals surface area contributed by atoms with E-state index in [-0.39, 0.29) is 58.2 Å². The fourth-order valence-electron chi connectivity index (χ4n) is 1.48. The number of rotatable bonds is 0. The van der Waals surface area contributed by atoms with Gasteiger partial charge >= 0.3 is 58.2 Å². The monoisotopic (exact) mass is 353 g/mol. The second kappa shape index (κ2) is 16.2. The summed E-state index contributed by atoms with van der Waals surface area (Å²) < 4.78 is 0. The van der Waals surface area contributed by atoms with Crippen LogP contribution in [0.1, 0.15) is 33.3 Å². The Bertz CT molecular complexity index is 513. The molecule has 0 N–H and O–H groups in total. The largest absolute Gasteiger partial charge is 1.00 e. The molecule has 0 spiro atoms. The zero-order chi connectivity index (χ0) is 15.2. The molecule has 0 atom stereocenters. The maximum atomic E-state index is 4.12. The third kappa shape index (κ3) is 10.2. The van der Waals surface area contributed by atoms with Crippen LogP contribution >= 0.6 is 0 Å². The third-order valence-electron chi connectivity index (χ3n) is 2.34. The molecule has 108 valence electrons. The van der Waals surface area contributed by atoms with Crippen LogP contribution < -0.4 is 63.2 Å². The van der Waals surface area contributed by atoms with E-state index in [1.165, 1.54) is 10.9 Å². The molecule has 21 heavy (non-hydrogen) atoms. The van der Waals surface area contributed by atoms with Gasteiger partial charge in [-0.05, 0) is 12.3 Å². The Hall–Kier alpha value is -0.215. The molecule has 0 bridgehead atoms. The van der Waals surface area contributed by atoms with E-state index in [1.54, 1.807) is 0 Å². The molecule has 2 heteroatoms. The van der Waals surface area contributed by atoms with Crippen molar-refractivity contribution >= 4 is 10.9 Å². The van der Waals surface area contributed by atoms with Gasteiger partial charge in [0.05, 0.1) is 0 Å². The predicted octanol–water partition coefficient (Wildman–Crippen LogP) is 2.85. The average Bonchev–Trinajstić information content (AvgIpc) is 3.01. The topological polar surface area (TPSA) is 14.1 Å². The molecule has 0 aliphatic heterocycles. The van der Waals surface area contributed by atoms with Crippen molar-refractivity contribution in [2.24, 2.45) is 0 Å². The van der Waals surface area contributed by atoms with Crippen molar-refractivity contribution in [3.05, 3.63) is 72.4 Å². The number of para-hydroxylation sites is 1. The molecular formula is C19H26NRb. The molecule has 1 nitrogen and oxygen atoms in total. The zero-order valence-corrected chi connectivity index (χ0v) is 19.2. The van der Waals surface area contributed by atoms with Gasteiger partial charge in [0.2, 0.25) is 0 Å². The Balaban J connectivity index is 0. The van der Waals surface area contributed by atoms with Crippen LogP contribution in [0.3, 0.4) is 0 Å². The summed E-state index contributed by atoms with van der Waals surface area (Å²) in [6, 6.07) is 20.4. The molecule has 0 aliphatic rings. The van der Waals surface area contributed by atoms with Gasteiger partial charge in [-0.15, -0.1) is 5.52 Å². The summed E-state index contributed by atoms with van der Waals surface area (Å²) in [5.74, 6) is 0. The van der Waals surface area contributed by atoms with Crippen molar-refractivity contribution in [3.8, 4) is 0 Å². The summed E-state index contributed by atoms with van der Waals surface area (Å²) in [4.78, 5) is 4.12. The van der Waals surface area contributed by atoms with Crippen LogP contribution in [-0.4, -0.2) is 0 Å². The van der Waals surface area contributed by atoms with Gasteiger partial charge in [0.25, 0.3) is 0 Å². The Kier molecular flexibility index (Phi) is 17.7. The van der Waals surface area contributed by atoms with Gasteiger partial charge in [-0.25, -0.2) is 0 Å². The molecule has 0 radical (unpaired) electrons. The molecule has 0 fully saturated rings. The van der Waals surface area contributed by atoms with Gasteiger partial charge < -0.3 is 4.98 Å².